The van der Waals surface area contributed by atoms with Gasteiger partial charge in [-0.2, -0.15) is 0 Å². The van der Waals surface area contributed by atoms with Crippen LogP contribution in [0.3, 0.4) is 0 Å². The van der Waals surface area contributed by atoms with Crippen molar-refractivity contribution in [1.29, 1.82) is 0 Å². The van der Waals surface area contributed by atoms with Crippen LogP contribution in [0.5, 0.6) is 5.75 Å². The number of ketones is 1. The Morgan fingerprint density at radius 2 is 1.67 bits per heavy atom. The van der Waals surface area contributed by atoms with E-state index in [1.54, 1.807) is 54.6 Å². The number of benzene rings is 2. The molecule has 1 amide bonds. The van der Waals surface area contributed by atoms with Crippen LogP contribution in [0.25, 0.3) is 5.76 Å². The van der Waals surface area contributed by atoms with Gasteiger partial charge in [0.2, 0.25) is 5.95 Å². The quantitative estimate of drug-likeness (QED) is 0.391. The number of halogens is 1. The van der Waals surface area contributed by atoms with Crippen LogP contribution < -0.4 is 9.64 Å². The van der Waals surface area contributed by atoms with Gasteiger partial charge in [-0.05, 0) is 48.0 Å². The van der Waals surface area contributed by atoms with E-state index in [-0.39, 0.29) is 17.3 Å². The average Bonchev–Trinajstić information content (AvgIpc) is 3.05. The zero-order chi connectivity index (χ0) is 21.3. The predicted molar refractivity (Wildman–Crippen MR) is 111 cm³/mol. The number of carbonyl (C=O) groups excluding carboxylic acids is 2. The molecule has 0 aliphatic carbocycles. The molecule has 1 aliphatic rings. The van der Waals surface area contributed by atoms with Gasteiger partial charge in [0, 0.05) is 23.0 Å². The van der Waals surface area contributed by atoms with E-state index in [0.29, 0.717) is 21.9 Å². The zero-order valence-corrected chi connectivity index (χ0v) is 16.6. The van der Waals surface area contributed by atoms with E-state index in [0.717, 1.165) is 0 Å². The number of methoxy groups -OCH3 is 1. The molecule has 1 aromatic heterocycles. The van der Waals surface area contributed by atoms with Crippen molar-refractivity contribution in [1.82, 2.24) is 9.97 Å². The summed E-state index contributed by atoms with van der Waals surface area (Å²) in [6.45, 7) is 0. The summed E-state index contributed by atoms with van der Waals surface area (Å²) in [6, 6.07) is 13.9. The van der Waals surface area contributed by atoms with E-state index in [9.17, 15) is 14.7 Å². The van der Waals surface area contributed by atoms with Crippen LogP contribution in [0, 0.1) is 0 Å². The summed E-state index contributed by atoms with van der Waals surface area (Å²) in [6.07, 6.45) is 2.95. The second-order valence-electron chi connectivity index (χ2n) is 6.50. The van der Waals surface area contributed by atoms with Crippen molar-refractivity contribution in [3.05, 3.63) is 88.7 Å². The Balaban J connectivity index is 1.91. The fraction of sp³-hybridized carbons (Fsp3) is 0.0909. The van der Waals surface area contributed by atoms with Gasteiger partial charge in [-0.1, -0.05) is 23.7 Å². The van der Waals surface area contributed by atoms with Crippen LogP contribution in [0.2, 0.25) is 5.02 Å². The Morgan fingerprint density at radius 1 is 1.03 bits per heavy atom. The number of carbonyl (C=O) groups is 2. The molecule has 30 heavy (non-hydrogen) atoms. The van der Waals surface area contributed by atoms with Crippen LogP contribution in [-0.4, -0.2) is 33.9 Å². The van der Waals surface area contributed by atoms with E-state index in [1.165, 1.54) is 24.4 Å². The summed E-state index contributed by atoms with van der Waals surface area (Å²) >= 11 is 6.01. The number of hydrogen-bond donors (Lipinski definition) is 1. The van der Waals surface area contributed by atoms with Crippen molar-refractivity contribution in [2.24, 2.45) is 0 Å². The maximum absolute atomic E-state index is 13.0. The highest BCUT2D eigenvalue weighted by atomic mass is 35.5. The Morgan fingerprint density at radius 3 is 2.27 bits per heavy atom. The van der Waals surface area contributed by atoms with Gasteiger partial charge in [-0.25, -0.2) is 9.97 Å². The molecule has 1 aliphatic heterocycles. The maximum Gasteiger partial charge on any atom is 0.302 e. The standard InChI is InChI=1S/C22H16ClN3O4/c1-30-16-9-5-14(6-10-16)19(27)17-18(13-3-7-15(23)8-4-13)26(21(29)20(17)28)22-24-11-2-12-25-22/h2-12,18,27H,1H3/b19-17-. The van der Waals surface area contributed by atoms with Gasteiger partial charge in [0.05, 0.1) is 18.7 Å². The average molecular weight is 422 g/mol. The van der Waals surface area contributed by atoms with E-state index in [1.807, 2.05) is 0 Å². The first-order valence-electron chi connectivity index (χ1n) is 8.99. The molecule has 0 saturated carbocycles. The number of aliphatic hydroxyl groups excluding tert-OH is 1. The molecule has 3 aromatic rings. The van der Waals surface area contributed by atoms with Crippen molar-refractivity contribution in [2.75, 3.05) is 12.0 Å². The molecule has 4 rings (SSSR count). The molecule has 150 valence electrons. The lowest BCUT2D eigenvalue weighted by molar-refractivity contribution is -0.132. The lowest BCUT2D eigenvalue weighted by Crippen LogP contribution is -2.31. The molecule has 1 N–H and O–H groups in total. The van der Waals surface area contributed by atoms with Crippen LogP contribution in [0.4, 0.5) is 5.95 Å². The summed E-state index contributed by atoms with van der Waals surface area (Å²) in [4.78, 5) is 35.3. The molecule has 0 bridgehead atoms. The maximum atomic E-state index is 13.0. The first-order chi connectivity index (χ1) is 14.5. The van der Waals surface area contributed by atoms with Crippen molar-refractivity contribution in [3.63, 3.8) is 0 Å². The fourth-order valence-corrected chi connectivity index (χ4v) is 3.45. The molecule has 2 heterocycles. The Hall–Kier alpha value is -3.71. The van der Waals surface area contributed by atoms with Crippen LogP contribution in [0.15, 0.2) is 72.6 Å². The minimum absolute atomic E-state index is 0.0556. The second-order valence-corrected chi connectivity index (χ2v) is 6.93. The largest absolute Gasteiger partial charge is 0.507 e. The molecule has 2 aromatic carbocycles. The lowest BCUT2D eigenvalue weighted by atomic mass is 9.95. The molecule has 0 spiro atoms. The van der Waals surface area contributed by atoms with Gasteiger partial charge >= 0.3 is 5.91 Å². The molecule has 1 saturated heterocycles. The summed E-state index contributed by atoms with van der Waals surface area (Å²) in [5, 5.41) is 11.5. The molecule has 1 atom stereocenters. The van der Waals surface area contributed by atoms with E-state index >= 15 is 0 Å². The number of amides is 1. The van der Waals surface area contributed by atoms with Gasteiger partial charge in [0.15, 0.2) is 0 Å². The number of anilines is 1. The smallest absolute Gasteiger partial charge is 0.302 e. The van der Waals surface area contributed by atoms with Crippen molar-refractivity contribution < 1.29 is 19.4 Å². The van der Waals surface area contributed by atoms with Gasteiger partial charge < -0.3 is 9.84 Å². The topological polar surface area (TPSA) is 92.6 Å². The molecule has 0 radical (unpaired) electrons. The highest BCUT2D eigenvalue weighted by Crippen LogP contribution is 2.41. The third-order valence-electron chi connectivity index (χ3n) is 4.76. The fourth-order valence-electron chi connectivity index (χ4n) is 3.32. The number of Topliss-reactive ketones (excluding diaryl/α,β-unsaturated/α-hetero) is 1. The second kappa shape index (κ2) is 7.96. The van der Waals surface area contributed by atoms with E-state index in [2.05, 4.69) is 9.97 Å². The molecule has 1 fully saturated rings. The number of ether oxygens (including phenoxy) is 1. The number of hydrogen-bond acceptors (Lipinski definition) is 6. The number of aliphatic hydroxyl groups is 1. The minimum atomic E-state index is -0.910. The van der Waals surface area contributed by atoms with Crippen LogP contribution in [0.1, 0.15) is 17.2 Å². The molecule has 8 heteroatoms. The summed E-state index contributed by atoms with van der Waals surface area (Å²) in [5.74, 6) is -1.28. The molecular weight excluding hydrogens is 406 g/mol. The highest BCUT2D eigenvalue weighted by molar-refractivity contribution is 6.51. The van der Waals surface area contributed by atoms with Gasteiger partial charge in [0.25, 0.3) is 5.78 Å². The lowest BCUT2D eigenvalue weighted by Gasteiger charge is -2.23. The molecule has 7 nitrogen and oxygen atoms in total. The Bertz CT molecular complexity index is 1130. The predicted octanol–water partition coefficient (Wildman–Crippen LogP) is 3.76. The first-order valence-corrected chi connectivity index (χ1v) is 9.37. The SMILES string of the molecule is COc1ccc(/C(O)=C2/C(=O)C(=O)N(c3ncccn3)C2c2ccc(Cl)cc2)cc1. The molecule has 1 unspecified atom stereocenters. The summed E-state index contributed by atoms with van der Waals surface area (Å²) in [5.41, 5.74) is 0.905. The minimum Gasteiger partial charge on any atom is -0.507 e. The number of rotatable bonds is 4. The van der Waals surface area contributed by atoms with Crippen molar-refractivity contribution >= 4 is 35.0 Å². The van der Waals surface area contributed by atoms with Crippen molar-refractivity contribution in [3.8, 4) is 5.75 Å². The van der Waals surface area contributed by atoms with E-state index in [4.69, 9.17) is 16.3 Å². The van der Waals surface area contributed by atoms with Crippen LogP contribution >= 0.6 is 11.6 Å². The van der Waals surface area contributed by atoms with Crippen molar-refractivity contribution in [2.45, 2.75) is 6.04 Å². The van der Waals surface area contributed by atoms with Crippen LogP contribution in [-0.2, 0) is 9.59 Å². The highest BCUT2D eigenvalue weighted by Gasteiger charge is 2.48. The van der Waals surface area contributed by atoms with Gasteiger partial charge in [0.1, 0.15) is 11.5 Å². The summed E-state index contributed by atoms with van der Waals surface area (Å²) < 4.78 is 5.13. The Kier molecular flexibility index (Phi) is 5.20. The number of nitrogens with zero attached hydrogens (tertiary/aromatic N) is 3. The third-order valence-corrected chi connectivity index (χ3v) is 5.01. The van der Waals surface area contributed by atoms with Gasteiger partial charge in [-0.3, -0.25) is 14.5 Å². The zero-order valence-electron chi connectivity index (χ0n) is 15.8. The third kappa shape index (κ3) is 3.40. The van der Waals surface area contributed by atoms with Gasteiger partial charge in [-0.15, -0.1) is 0 Å². The van der Waals surface area contributed by atoms with E-state index < -0.39 is 17.7 Å². The Labute approximate surface area is 177 Å². The molecular formula is C22H16ClN3O4. The number of aromatic nitrogens is 2. The first kappa shape index (κ1) is 19.6. The summed E-state index contributed by atoms with van der Waals surface area (Å²) in [7, 11) is 1.53. The monoisotopic (exact) mass is 421 g/mol. The normalized spacial score (nSPS) is 17.9.